The molecule has 6 heteroatoms. The number of rotatable bonds is 8. The van der Waals surface area contributed by atoms with Crippen LogP contribution in [0.4, 0.5) is 5.69 Å². The molecule has 0 bridgehead atoms. The van der Waals surface area contributed by atoms with Crippen LogP contribution in [0.15, 0.2) is 48.5 Å². The summed E-state index contributed by atoms with van der Waals surface area (Å²) in [7, 11) is 0. The Morgan fingerprint density at radius 1 is 1.07 bits per heavy atom. The minimum Gasteiger partial charge on any atom is -0.482 e. The van der Waals surface area contributed by atoms with Gasteiger partial charge in [0.05, 0.1) is 12.5 Å². The third-order valence-corrected chi connectivity index (χ3v) is 3.86. The average molecular weight is 366 g/mol. The number of carbonyl (C=O) groups is 2. The van der Waals surface area contributed by atoms with Crippen LogP contribution in [0.25, 0.3) is 0 Å². The second-order valence-electron chi connectivity index (χ2n) is 6.01. The Labute approximate surface area is 158 Å². The van der Waals surface area contributed by atoms with Crippen LogP contribution < -0.4 is 9.64 Å². The lowest BCUT2D eigenvalue weighted by molar-refractivity contribution is -0.149. The van der Waals surface area contributed by atoms with Crippen molar-refractivity contribution in [2.75, 3.05) is 24.7 Å². The summed E-state index contributed by atoms with van der Waals surface area (Å²) in [6.07, 6.45) is 0.185. The van der Waals surface area contributed by atoms with Crippen molar-refractivity contribution < 1.29 is 19.1 Å². The number of amides is 1. The topological polar surface area (TPSA) is 79.6 Å². The molecule has 0 spiro atoms. The van der Waals surface area contributed by atoms with Gasteiger partial charge in [-0.05, 0) is 43.2 Å². The fourth-order valence-electron chi connectivity index (χ4n) is 2.43. The molecule has 1 amide bonds. The molecule has 0 N–H and O–H groups in total. The maximum atomic E-state index is 12.4. The smallest absolute Gasteiger partial charge is 0.344 e. The van der Waals surface area contributed by atoms with Crippen molar-refractivity contribution in [2.24, 2.45) is 0 Å². The first-order chi connectivity index (χ1) is 13.0. The van der Waals surface area contributed by atoms with Crippen LogP contribution in [0, 0.1) is 25.2 Å². The molecule has 2 aromatic carbocycles. The highest BCUT2D eigenvalue weighted by atomic mass is 16.6. The predicted octanol–water partition coefficient (Wildman–Crippen LogP) is 3.17. The van der Waals surface area contributed by atoms with Crippen molar-refractivity contribution in [1.82, 2.24) is 0 Å². The van der Waals surface area contributed by atoms with Gasteiger partial charge in [0.15, 0.2) is 13.2 Å². The summed E-state index contributed by atoms with van der Waals surface area (Å²) in [4.78, 5) is 25.8. The van der Waals surface area contributed by atoms with E-state index in [1.807, 2.05) is 44.2 Å². The highest BCUT2D eigenvalue weighted by Crippen LogP contribution is 2.19. The molecule has 0 aliphatic carbocycles. The van der Waals surface area contributed by atoms with E-state index in [0.29, 0.717) is 11.4 Å². The van der Waals surface area contributed by atoms with E-state index in [-0.39, 0.29) is 19.6 Å². The monoisotopic (exact) mass is 366 g/mol. The fraction of sp³-hybridized carbons (Fsp3) is 0.286. The van der Waals surface area contributed by atoms with Crippen LogP contribution in [-0.4, -0.2) is 31.6 Å². The maximum absolute atomic E-state index is 12.4. The number of hydrogen-bond acceptors (Lipinski definition) is 5. The fourth-order valence-corrected chi connectivity index (χ4v) is 2.43. The molecule has 0 aliphatic rings. The zero-order valence-corrected chi connectivity index (χ0v) is 15.5. The van der Waals surface area contributed by atoms with Crippen molar-refractivity contribution >= 4 is 17.6 Å². The summed E-state index contributed by atoms with van der Waals surface area (Å²) >= 11 is 0. The molecule has 2 aromatic rings. The van der Waals surface area contributed by atoms with E-state index in [9.17, 15) is 9.59 Å². The van der Waals surface area contributed by atoms with Crippen molar-refractivity contribution in [3.8, 4) is 11.8 Å². The largest absolute Gasteiger partial charge is 0.482 e. The summed E-state index contributed by atoms with van der Waals surface area (Å²) in [6.45, 7) is 3.37. The van der Waals surface area contributed by atoms with E-state index in [4.69, 9.17) is 14.7 Å². The number of esters is 1. The zero-order valence-electron chi connectivity index (χ0n) is 15.5. The second-order valence-corrected chi connectivity index (χ2v) is 6.01. The van der Waals surface area contributed by atoms with E-state index in [2.05, 4.69) is 0 Å². The lowest BCUT2D eigenvalue weighted by Crippen LogP contribution is -2.36. The van der Waals surface area contributed by atoms with Crippen LogP contribution in [-0.2, 0) is 14.3 Å². The number of carbonyl (C=O) groups excluding carboxylic acids is 2. The lowest BCUT2D eigenvalue weighted by Gasteiger charge is -2.21. The minimum absolute atomic E-state index is 0.185. The quantitative estimate of drug-likeness (QED) is 0.671. The molecule has 2 rings (SSSR count). The molecule has 0 unspecified atom stereocenters. The molecule has 0 saturated heterocycles. The van der Waals surface area contributed by atoms with Crippen LogP contribution in [0.3, 0.4) is 0 Å². The van der Waals surface area contributed by atoms with E-state index in [0.717, 1.165) is 11.1 Å². The number of ether oxygens (including phenoxy) is 2. The predicted molar refractivity (Wildman–Crippen MR) is 101 cm³/mol. The number of hydrogen-bond donors (Lipinski definition) is 0. The standard InChI is InChI=1S/C21H22N2O4/c1-16-9-10-17(2)19(13-16)26-15-21(25)27-14-20(24)23(12-6-11-22)18-7-4-3-5-8-18/h3-5,7-10,13H,6,12,14-15H2,1-2H3. The van der Waals surface area contributed by atoms with E-state index >= 15 is 0 Å². The van der Waals surface area contributed by atoms with E-state index < -0.39 is 18.5 Å². The Hall–Kier alpha value is -3.33. The number of benzene rings is 2. The third kappa shape index (κ3) is 6.15. The first-order valence-electron chi connectivity index (χ1n) is 8.59. The van der Waals surface area contributed by atoms with Gasteiger partial charge in [-0.1, -0.05) is 30.3 Å². The normalized spacial score (nSPS) is 9.96. The Balaban J connectivity index is 1.89. The first-order valence-corrected chi connectivity index (χ1v) is 8.59. The third-order valence-electron chi connectivity index (χ3n) is 3.86. The van der Waals surface area contributed by atoms with Gasteiger partial charge in [0.25, 0.3) is 5.91 Å². The molecule has 0 radical (unpaired) electrons. The van der Waals surface area contributed by atoms with Gasteiger partial charge in [-0.2, -0.15) is 5.26 Å². The van der Waals surface area contributed by atoms with Gasteiger partial charge < -0.3 is 14.4 Å². The lowest BCUT2D eigenvalue weighted by atomic mass is 10.1. The molecule has 27 heavy (non-hydrogen) atoms. The number of nitrogens with zero attached hydrogens (tertiary/aromatic N) is 2. The molecule has 0 heterocycles. The Morgan fingerprint density at radius 3 is 2.52 bits per heavy atom. The summed E-state index contributed by atoms with van der Waals surface area (Å²) in [5.74, 6) is -0.410. The Morgan fingerprint density at radius 2 is 1.81 bits per heavy atom. The average Bonchev–Trinajstić information content (AvgIpc) is 2.68. The minimum atomic E-state index is -0.627. The van der Waals surface area contributed by atoms with Gasteiger partial charge in [-0.3, -0.25) is 4.79 Å². The maximum Gasteiger partial charge on any atom is 0.344 e. The number of nitriles is 1. The summed E-state index contributed by atoms with van der Waals surface area (Å²) < 4.78 is 10.5. The van der Waals surface area contributed by atoms with Gasteiger partial charge in [0.2, 0.25) is 0 Å². The highest BCUT2D eigenvalue weighted by Gasteiger charge is 2.17. The van der Waals surface area contributed by atoms with E-state index in [1.54, 1.807) is 24.3 Å². The molecular formula is C21H22N2O4. The van der Waals surface area contributed by atoms with Crippen molar-refractivity contribution in [3.63, 3.8) is 0 Å². The van der Waals surface area contributed by atoms with Gasteiger partial charge in [0.1, 0.15) is 5.75 Å². The van der Waals surface area contributed by atoms with Crippen LogP contribution >= 0.6 is 0 Å². The van der Waals surface area contributed by atoms with Gasteiger partial charge in [-0.25, -0.2) is 4.79 Å². The van der Waals surface area contributed by atoms with Crippen LogP contribution in [0.2, 0.25) is 0 Å². The summed E-state index contributed by atoms with van der Waals surface area (Å²) in [5.41, 5.74) is 2.59. The van der Waals surface area contributed by atoms with E-state index in [1.165, 1.54) is 4.90 Å². The Bertz CT molecular complexity index is 828. The molecule has 0 saturated carbocycles. The van der Waals surface area contributed by atoms with Crippen LogP contribution in [0.5, 0.6) is 5.75 Å². The number of para-hydroxylation sites is 1. The van der Waals surface area contributed by atoms with Gasteiger partial charge in [0, 0.05) is 12.2 Å². The molecule has 0 fully saturated rings. The molecule has 6 nitrogen and oxygen atoms in total. The molecule has 0 aliphatic heterocycles. The highest BCUT2D eigenvalue weighted by molar-refractivity contribution is 5.95. The Kier molecular flexibility index (Phi) is 7.38. The van der Waals surface area contributed by atoms with Crippen molar-refractivity contribution in [1.29, 1.82) is 5.26 Å². The van der Waals surface area contributed by atoms with Gasteiger partial charge in [-0.15, -0.1) is 0 Å². The molecule has 0 aromatic heterocycles. The molecule has 0 atom stereocenters. The van der Waals surface area contributed by atoms with Gasteiger partial charge >= 0.3 is 5.97 Å². The number of aryl methyl sites for hydroxylation is 2. The number of anilines is 1. The molecular weight excluding hydrogens is 344 g/mol. The second kappa shape index (κ2) is 9.97. The van der Waals surface area contributed by atoms with Crippen LogP contribution in [0.1, 0.15) is 17.5 Å². The summed E-state index contributed by atoms with van der Waals surface area (Å²) in [5, 5.41) is 8.79. The SMILES string of the molecule is Cc1ccc(C)c(OCC(=O)OCC(=O)N(CCC#N)c2ccccc2)c1. The summed E-state index contributed by atoms with van der Waals surface area (Å²) in [6, 6.07) is 16.7. The van der Waals surface area contributed by atoms with Crippen molar-refractivity contribution in [3.05, 3.63) is 59.7 Å². The zero-order chi connectivity index (χ0) is 19.6. The first kappa shape index (κ1) is 20.0. The van der Waals surface area contributed by atoms with Crippen molar-refractivity contribution in [2.45, 2.75) is 20.3 Å². The molecule has 140 valence electrons.